The molecule has 0 aliphatic heterocycles. The summed E-state index contributed by atoms with van der Waals surface area (Å²) in [5, 5.41) is 9.69. The number of aliphatic hydroxyl groups is 1. The molecule has 0 saturated carbocycles. The van der Waals surface area contributed by atoms with Gasteiger partial charge in [0.1, 0.15) is 0 Å². The van der Waals surface area contributed by atoms with E-state index in [2.05, 4.69) is 11.7 Å². The van der Waals surface area contributed by atoms with Crippen molar-refractivity contribution in [3.8, 4) is 0 Å². The van der Waals surface area contributed by atoms with E-state index in [1.807, 2.05) is 31.2 Å². The summed E-state index contributed by atoms with van der Waals surface area (Å²) in [6, 6.07) is 7.90. The molecular weight excluding hydrogens is 204 g/mol. The molecule has 0 aromatic heterocycles. The first-order valence-electron chi connectivity index (χ1n) is 5.44. The van der Waals surface area contributed by atoms with Gasteiger partial charge in [0.2, 0.25) is 0 Å². The maximum absolute atomic E-state index is 11.2. The molecule has 1 aromatic rings. The highest BCUT2D eigenvalue weighted by atomic mass is 16.5. The summed E-state index contributed by atoms with van der Waals surface area (Å²) in [6.45, 7) is 3.89. The highest BCUT2D eigenvalue weighted by Crippen LogP contribution is 2.20. The van der Waals surface area contributed by atoms with Crippen molar-refractivity contribution in [2.75, 3.05) is 7.11 Å². The molecule has 0 bridgehead atoms. The summed E-state index contributed by atoms with van der Waals surface area (Å²) in [4.78, 5) is 11.2. The summed E-state index contributed by atoms with van der Waals surface area (Å²) in [7, 11) is 1.28. The lowest BCUT2D eigenvalue weighted by Crippen LogP contribution is -2.27. The van der Waals surface area contributed by atoms with Crippen molar-refractivity contribution in [2.45, 2.75) is 32.3 Å². The number of hydrogen-bond donors (Lipinski definition) is 1. The van der Waals surface area contributed by atoms with Gasteiger partial charge in [-0.1, -0.05) is 38.1 Å². The van der Waals surface area contributed by atoms with Crippen molar-refractivity contribution in [1.82, 2.24) is 0 Å². The van der Waals surface area contributed by atoms with Gasteiger partial charge in [0.05, 0.1) is 7.11 Å². The predicted octanol–water partition coefficient (Wildman–Crippen LogP) is 1.89. The van der Waals surface area contributed by atoms with Crippen LogP contribution in [-0.2, 0) is 16.0 Å². The van der Waals surface area contributed by atoms with Crippen LogP contribution in [0.4, 0.5) is 0 Å². The van der Waals surface area contributed by atoms with Gasteiger partial charge in [-0.3, -0.25) is 0 Å². The van der Waals surface area contributed by atoms with Gasteiger partial charge >= 0.3 is 5.97 Å². The molecule has 0 spiro atoms. The minimum Gasteiger partial charge on any atom is -0.467 e. The molecule has 3 nitrogen and oxygen atoms in total. The number of ether oxygens (including phenoxy) is 1. The number of benzene rings is 1. The van der Waals surface area contributed by atoms with Gasteiger partial charge < -0.3 is 9.84 Å². The molecule has 0 heterocycles. The predicted molar refractivity (Wildman–Crippen MR) is 62.3 cm³/mol. The third-order valence-corrected chi connectivity index (χ3v) is 2.83. The summed E-state index contributed by atoms with van der Waals surface area (Å²) in [6.07, 6.45) is -0.119. The SMILES string of the molecule is CCc1ccc(C(C)C(O)C(=O)OC)cc1. The monoisotopic (exact) mass is 222 g/mol. The average molecular weight is 222 g/mol. The molecule has 88 valence electrons. The van der Waals surface area contributed by atoms with Crippen LogP contribution in [0.25, 0.3) is 0 Å². The lowest BCUT2D eigenvalue weighted by atomic mass is 9.94. The average Bonchev–Trinajstić information content (AvgIpc) is 2.36. The van der Waals surface area contributed by atoms with Gasteiger partial charge in [0, 0.05) is 5.92 Å². The summed E-state index contributed by atoms with van der Waals surface area (Å²) in [5.74, 6) is -0.842. The van der Waals surface area contributed by atoms with Gasteiger partial charge in [0.15, 0.2) is 6.10 Å². The van der Waals surface area contributed by atoms with Gasteiger partial charge in [-0.25, -0.2) is 4.79 Å². The molecule has 16 heavy (non-hydrogen) atoms. The molecule has 2 atom stereocenters. The van der Waals surface area contributed by atoms with Crippen LogP contribution >= 0.6 is 0 Å². The van der Waals surface area contributed by atoms with Crippen molar-refractivity contribution in [3.05, 3.63) is 35.4 Å². The standard InChI is InChI=1S/C13H18O3/c1-4-10-5-7-11(8-6-10)9(2)12(14)13(15)16-3/h5-9,12,14H,4H2,1-3H3. The van der Waals surface area contributed by atoms with E-state index in [1.54, 1.807) is 0 Å². The smallest absolute Gasteiger partial charge is 0.335 e. The Morgan fingerprint density at radius 3 is 2.38 bits per heavy atom. The van der Waals surface area contributed by atoms with Gasteiger partial charge in [0.25, 0.3) is 0 Å². The van der Waals surface area contributed by atoms with E-state index in [-0.39, 0.29) is 5.92 Å². The van der Waals surface area contributed by atoms with Crippen molar-refractivity contribution in [2.24, 2.45) is 0 Å². The van der Waals surface area contributed by atoms with Crippen molar-refractivity contribution < 1.29 is 14.6 Å². The third-order valence-electron chi connectivity index (χ3n) is 2.83. The molecule has 0 saturated heterocycles. The van der Waals surface area contributed by atoms with Crippen LogP contribution in [0.2, 0.25) is 0 Å². The molecule has 1 rings (SSSR count). The molecule has 0 aliphatic rings. The molecular formula is C13H18O3. The van der Waals surface area contributed by atoms with E-state index in [9.17, 15) is 9.90 Å². The fraction of sp³-hybridized carbons (Fsp3) is 0.462. The third kappa shape index (κ3) is 2.83. The van der Waals surface area contributed by atoms with Crippen LogP contribution in [0.5, 0.6) is 0 Å². The Morgan fingerprint density at radius 2 is 1.94 bits per heavy atom. The minimum absolute atomic E-state index is 0.252. The van der Waals surface area contributed by atoms with Crippen molar-refractivity contribution in [1.29, 1.82) is 0 Å². The van der Waals surface area contributed by atoms with Crippen LogP contribution in [0.15, 0.2) is 24.3 Å². The largest absolute Gasteiger partial charge is 0.467 e. The first-order valence-corrected chi connectivity index (χ1v) is 5.44. The normalized spacial score (nSPS) is 14.2. The second-order valence-corrected chi connectivity index (χ2v) is 3.85. The summed E-state index contributed by atoms with van der Waals surface area (Å²) >= 11 is 0. The van der Waals surface area contributed by atoms with Gasteiger partial charge in [-0.15, -0.1) is 0 Å². The number of carbonyl (C=O) groups excluding carboxylic acids is 1. The Morgan fingerprint density at radius 1 is 1.38 bits per heavy atom. The van der Waals surface area contributed by atoms with Crippen molar-refractivity contribution in [3.63, 3.8) is 0 Å². The fourth-order valence-corrected chi connectivity index (χ4v) is 1.56. The Hall–Kier alpha value is -1.35. The Balaban J connectivity index is 2.79. The maximum atomic E-state index is 11.2. The molecule has 0 amide bonds. The fourth-order valence-electron chi connectivity index (χ4n) is 1.56. The second kappa shape index (κ2) is 5.66. The van der Waals surface area contributed by atoms with E-state index in [4.69, 9.17) is 0 Å². The summed E-state index contributed by atoms with van der Waals surface area (Å²) in [5.41, 5.74) is 2.18. The van der Waals surface area contributed by atoms with E-state index < -0.39 is 12.1 Å². The quantitative estimate of drug-likeness (QED) is 0.791. The molecule has 2 unspecified atom stereocenters. The maximum Gasteiger partial charge on any atom is 0.335 e. The zero-order valence-corrected chi connectivity index (χ0v) is 9.93. The van der Waals surface area contributed by atoms with E-state index >= 15 is 0 Å². The second-order valence-electron chi connectivity index (χ2n) is 3.85. The lowest BCUT2D eigenvalue weighted by Gasteiger charge is -2.17. The van der Waals surface area contributed by atoms with Gasteiger partial charge in [-0.2, -0.15) is 0 Å². The van der Waals surface area contributed by atoms with Gasteiger partial charge in [-0.05, 0) is 17.5 Å². The van der Waals surface area contributed by atoms with Crippen LogP contribution in [0.3, 0.4) is 0 Å². The number of esters is 1. The topological polar surface area (TPSA) is 46.5 Å². The first-order chi connectivity index (χ1) is 7.60. The highest BCUT2D eigenvalue weighted by molar-refractivity contribution is 5.75. The Kier molecular flexibility index (Phi) is 4.50. The molecule has 0 aliphatic carbocycles. The number of rotatable bonds is 4. The first kappa shape index (κ1) is 12.7. The molecule has 3 heteroatoms. The Labute approximate surface area is 96.1 Å². The lowest BCUT2D eigenvalue weighted by molar-refractivity contribution is -0.151. The zero-order chi connectivity index (χ0) is 12.1. The molecule has 0 fully saturated rings. The minimum atomic E-state index is -1.10. The van der Waals surface area contributed by atoms with Crippen molar-refractivity contribution >= 4 is 5.97 Å². The van der Waals surface area contributed by atoms with Crippen LogP contribution in [0, 0.1) is 0 Å². The Bertz CT molecular complexity index is 343. The number of hydrogen-bond acceptors (Lipinski definition) is 3. The molecule has 1 N–H and O–H groups in total. The number of aliphatic hydroxyl groups excluding tert-OH is 1. The van der Waals surface area contributed by atoms with E-state index in [1.165, 1.54) is 12.7 Å². The van der Waals surface area contributed by atoms with E-state index in [0.29, 0.717) is 0 Å². The highest BCUT2D eigenvalue weighted by Gasteiger charge is 2.24. The summed E-state index contributed by atoms with van der Waals surface area (Å²) < 4.78 is 4.51. The molecule has 1 aromatic carbocycles. The number of aryl methyl sites for hydroxylation is 1. The zero-order valence-electron chi connectivity index (χ0n) is 9.93. The van der Waals surface area contributed by atoms with Crippen LogP contribution in [0.1, 0.15) is 30.9 Å². The number of carbonyl (C=O) groups is 1. The van der Waals surface area contributed by atoms with Crippen LogP contribution in [-0.4, -0.2) is 24.3 Å². The van der Waals surface area contributed by atoms with Crippen LogP contribution < -0.4 is 0 Å². The molecule has 0 radical (unpaired) electrons. The van der Waals surface area contributed by atoms with E-state index in [0.717, 1.165) is 12.0 Å². The number of methoxy groups -OCH3 is 1.